The van der Waals surface area contributed by atoms with Crippen molar-refractivity contribution in [1.29, 1.82) is 0 Å². The molecule has 1 atom stereocenters. The number of benzene rings is 2. The molecule has 0 aliphatic carbocycles. The van der Waals surface area contributed by atoms with Gasteiger partial charge in [-0.2, -0.15) is 0 Å². The molecule has 0 bridgehead atoms. The molecule has 2 aromatic carbocycles. The molecular weight excluding hydrogens is 342 g/mol. The van der Waals surface area contributed by atoms with E-state index in [4.69, 9.17) is 17.4 Å². The normalized spacial score (nSPS) is 12.5. The lowest BCUT2D eigenvalue weighted by Gasteiger charge is -2.28. The summed E-state index contributed by atoms with van der Waals surface area (Å²) >= 11 is 5.44. The number of hydrogen-bond donors (Lipinski definition) is 2. The zero-order valence-corrected chi connectivity index (χ0v) is 15.3. The maximum atomic E-state index is 11.3. The van der Waals surface area contributed by atoms with Gasteiger partial charge in [0.15, 0.2) is 5.11 Å². The van der Waals surface area contributed by atoms with Crippen LogP contribution < -0.4 is 10.5 Å². The van der Waals surface area contributed by atoms with Crippen LogP contribution in [0.1, 0.15) is 24.1 Å². The van der Waals surface area contributed by atoms with Gasteiger partial charge in [0.2, 0.25) is 10.0 Å². The van der Waals surface area contributed by atoms with Crippen molar-refractivity contribution in [1.82, 2.24) is 10.2 Å². The predicted molar refractivity (Wildman–Crippen MR) is 99.9 cm³/mol. The average Bonchev–Trinajstić information content (AvgIpc) is 2.58. The average molecular weight is 364 g/mol. The Labute approximate surface area is 148 Å². The summed E-state index contributed by atoms with van der Waals surface area (Å²) in [5.74, 6) is 0. The van der Waals surface area contributed by atoms with E-state index < -0.39 is 10.0 Å². The molecule has 0 aliphatic rings. The van der Waals surface area contributed by atoms with Crippen LogP contribution in [0, 0.1) is 0 Å². The van der Waals surface area contributed by atoms with Crippen LogP contribution in [-0.2, 0) is 16.6 Å². The molecule has 0 radical (unpaired) electrons. The summed E-state index contributed by atoms with van der Waals surface area (Å²) in [6, 6.07) is 16.5. The summed E-state index contributed by atoms with van der Waals surface area (Å²) in [4.78, 5) is 2.04. The van der Waals surface area contributed by atoms with Gasteiger partial charge in [-0.15, -0.1) is 0 Å². The quantitative estimate of drug-likeness (QED) is 0.798. The van der Waals surface area contributed by atoms with E-state index >= 15 is 0 Å². The number of hydrogen-bond acceptors (Lipinski definition) is 3. The lowest BCUT2D eigenvalue weighted by Crippen LogP contribution is -2.38. The maximum absolute atomic E-state index is 11.3. The largest absolute Gasteiger partial charge is 0.358 e. The Morgan fingerprint density at radius 3 is 2.29 bits per heavy atom. The molecule has 24 heavy (non-hydrogen) atoms. The molecule has 0 aromatic heterocycles. The number of nitrogens with two attached hydrogens (primary N) is 1. The van der Waals surface area contributed by atoms with Crippen LogP contribution >= 0.6 is 12.2 Å². The van der Waals surface area contributed by atoms with Crippen LogP contribution in [0.25, 0.3) is 0 Å². The fraction of sp³-hybridized carbons (Fsp3) is 0.235. The first-order chi connectivity index (χ1) is 11.3. The van der Waals surface area contributed by atoms with Gasteiger partial charge >= 0.3 is 0 Å². The van der Waals surface area contributed by atoms with Gasteiger partial charge in [0.25, 0.3) is 0 Å². The highest BCUT2D eigenvalue weighted by molar-refractivity contribution is 7.89. The highest BCUT2D eigenvalue weighted by Gasteiger charge is 2.15. The first kappa shape index (κ1) is 18.4. The standard InChI is InChI=1S/C17H21N3O2S2/c1-13(15-8-10-16(11-9-15)24(18,21)22)20(2)17(23)19-12-14-6-4-3-5-7-14/h3-11,13H,12H2,1-2H3,(H,19,23)(H2,18,21,22)/t13-/m0/s1. The van der Waals surface area contributed by atoms with Gasteiger partial charge in [-0.3, -0.25) is 0 Å². The topological polar surface area (TPSA) is 75.4 Å². The van der Waals surface area contributed by atoms with Gasteiger partial charge in [-0.05, 0) is 42.4 Å². The van der Waals surface area contributed by atoms with Crippen molar-refractivity contribution in [2.75, 3.05) is 7.05 Å². The second-order valence-electron chi connectivity index (χ2n) is 5.55. The Balaban J connectivity index is 2.00. The van der Waals surface area contributed by atoms with E-state index in [1.807, 2.05) is 49.2 Å². The molecular formula is C17H21N3O2S2. The van der Waals surface area contributed by atoms with Crippen molar-refractivity contribution in [3.8, 4) is 0 Å². The molecule has 2 rings (SSSR count). The van der Waals surface area contributed by atoms with Gasteiger partial charge in [0.1, 0.15) is 0 Å². The summed E-state index contributed by atoms with van der Waals surface area (Å²) in [5, 5.41) is 8.97. The Hall–Kier alpha value is -1.96. The Kier molecular flexibility index (Phi) is 5.93. The van der Waals surface area contributed by atoms with Crippen molar-refractivity contribution < 1.29 is 8.42 Å². The lowest BCUT2D eigenvalue weighted by atomic mass is 10.1. The van der Waals surface area contributed by atoms with Gasteiger partial charge in [-0.1, -0.05) is 42.5 Å². The van der Waals surface area contributed by atoms with Gasteiger partial charge in [-0.25, -0.2) is 13.6 Å². The monoisotopic (exact) mass is 363 g/mol. The van der Waals surface area contributed by atoms with E-state index in [0.29, 0.717) is 11.7 Å². The van der Waals surface area contributed by atoms with Gasteiger partial charge in [0.05, 0.1) is 10.9 Å². The molecule has 0 fully saturated rings. The minimum absolute atomic E-state index is 0.00435. The highest BCUT2D eigenvalue weighted by atomic mass is 32.2. The Morgan fingerprint density at radius 2 is 1.75 bits per heavy atom. The fourth-order valence-electron chi connectivity index (χ4n) is 2.23. The summed E-state index contributed by atoms with van der Waals surface area (Å²) in [5.41, 5.74) is 2.10. The van der Waals surface area contributed by atoms with Crippen LogP contribution in [0.2, 0.25) is 0 Å². The predicted octanol–water partition coefficient (Wildman–Crippen LogP) is 2.40. The number of nitrogens with zero attached hydrogens (tertiary/aromatic N) is 1. The minimum atomic E-state index is -3.67. The minimum Gasteiger partial charge on any atom is -0.358 e. The van der Waals surface area contributed by atoms with E-state index in [-0.39, 0.29) is 10.9 Å². The first-order valence-electron chi connectivity index (χ1n) is 7.46. The number of sulfonamides is 1. The van der Waals surface area contributed by atoms with Crippen molar-refractivity contribution in [3.05, 3.63) is 65.7 Å². The van der Waals surface area contributed by atoms with Gasteiger partial charge < -0.3 is 10.2 Å². The number of thiocarbonyl (C=S) groups is 1. The lowest BCUT2D eigenvalue weighted by molar-refractivity contribution is 0.395. The van der Waals surface area contributed by atoms with Crippen LogP contribution in [0.4, 0.5) is 0 Å². The molecule has 5 nitrogen and oxygen atoms in total. The van der Waals surface area contributed by atoms with Crippen molar-refractivity contribution in [2.45, 2.75) is 24.4 Å². The van der Waals surface area contributed by atoms with E-state index in [1.165, 1.54) is 12.1 Å². The zero-order valence-electron chi connectivity index (χ0n) is 13.6. The van der Waals surface area contributed by atoms with Crippen LogP contribution in [0.3, 0.4) is 0 Å². The Morgan fingerprint density at radius 1 is 1.17 bits per heavy atom. The first-order valence-corrected chi connectivity index (χ1v) is 9.42. The van der Waals surface area contributed by atoms with E-state index in [0.717, 1.165) is 11.1 Å². The molecule has 7 heteroatoms. The SMILES string of the molecule is C[C@@H](c1ccc(S(N)(=O)=O)cc1)N(C)C(=S)NCc1ccccc1. The molecule has 0 saturated heterocycles. The maximum Gasteiger partial charge on any atom is 0.238 e. The van der Waals surface area contributed by atoms with Crippen molar-refractivity contribution >= 4 is 27.4 Å². The Bertz CT molecular complexity index is 790. The summed E-state index contributed by atoms with van der Waals surface area (Å²) < 4.78 is 22.6. The van der Waals surface area contributed by atoms with Crippen LogP contribution in [0.15, 0.2) is 59.5 Å². The van der Waals surface area contributed by atoms with Crippen LogP contribution in [0.5, 0.6) is 0 Å². The third kappa shape index (κ3) is 4.77. The molecule has 0 heterocycles. The molecule has 3 N–H and O–H groups in total. The summed E-state index contributed by atoms with van der Waals surface area (Å²) in [6.45, 7) is 2.66. The molecule has 0 amide bonds. The molecule has 0 unspecified atom stereocenters. The zero-order chi connectivity index (χ0) is 17.7. The second-order valence-corrected chi connectivity index (χ2v) is 7.49. The number of nitrogens with one attached hydrogen (secondary N) is 1. The van der Waals surface area contributed by atoms with E-state index in [9.17, 15) is 8.42 Å². The molecule has 128 valence electrons. The highest BCUT2D eigenvalue weighted by Crippen LogP contribution is 2.20. The number of primary sulfonamides is 1. The third-order valence-corrected chi connectivity index (χ3v) is 5.24. The fourth-order valence-corrected chi connectivity index (χ4v) is 2.98. The third-order valence-electron chi connectivity index (χ3n) is 3.88. The molecule has 0 spiro atoms. The van der Waals surface area contributed by atoms with Crippen molar-refractivity contribution in [2.24, 2.45) is 5.14 Å². The second kappa shape index (κ2) is 7.74. The number of rotatable bonds is 5. The van der Waals surface area contributed by atoms with E-state index in [1.54, 1.807) is 12.1 Å². The summed E-state index contributed by atoms with van der Waals surface area (Å²) in [6.07, 6.45) is 0. The van der Waals surface area contributed by atoms with Crippen LogP contribution in [-0.4, -0.2) is 25.5 Å². The molecule has 0 aliphatic heterocycles. The molecule has 2 aromatic rings. The van der Waals surface area contributed by atoms with Gasteiger partial charge in [0, 0.05) is 13.6 Å². The molecule has 0 saturated carbocycles. The summed E-state index contributed by atoms with van der Waals surface area (Å²) in [7, 11) is -1.77. The van der Waals surface area contributed by atoms with E-state index in [2.05, 4.69) is 5.32 Å². The van der Waals surface area contributed by atoms with Crippen molar-refractivity contribution in [3.63, 3.8) is 0 Å². The smallest absolute Gasteiger partial charge is 0.238 e.